The third-order valence-corrected chi connectivity index (χ3v) is 10.4. The maximum Gasteiger partial charge on any atom is 0.305 e. The van der Waals surface area contributed by atoms with Gasteiger partial charge in [-0.05, 0) is 104 Å². The zero-order valence-corrected chi connectivity index (χ0v) is 18.3. The number of esters is 1. The van der Waals surface area contributed by atoms with Crippen LogP contribution in [0, 0.1) is 46.3 Å². The summed E-state index contributed by atoms with van der Waals surface area (Å²) in [5, 5.41) is 0. The Hall–Kier alpha value is -0.530. The van der Waals surface area contributed by atoms with Crippen LogP contribution in [0.2, 0.25) is 0 Å². The Morgan fingerprint density at radius 1 is 0.963 bits per heavy atom. The molecule has 0 saturated heterocycles. The molecule has 0 radical (unpaired) electrons. The van der Waals surface area contributed by atoms with Crippen LogP contribution in [0.5, 0.6) is 0 Å². The topological polar surface area (TPSA) is 26.3 Å². The van der Waals surface area contributed by atoms with E-state index in [0.29, 0.717) is 23.2 Å². The van der Waals surface area contributed by atoms with Crippen molar-refractivity contribution < 1.29 is 9.53 Å². The van der Waals surface area contributed by atoms with Gasteiger partial charge in [-0.3, -0.25) is 4.79 Å². The van der Waals surface area contributed by atoms with E-state index in [1.54, 1.807) is 0 Å². The van der Waals surface area contributed by atoms with E-state index < -0.39 is 0 Å². The standard InChI is InChI=1S/C25H42O2/c1-17(8-13-23(26)27-4)20-11-12-21-19-10-9-18-7-5-6-15-24(18,2)22(19)14-16-25(20,21)3/h17-22H,5-16H2,1-4H3/t17-,18?,19?,20?,21?,22?,24?,25?/m1/s1. The first-order chi connectivity index (χ1) is 12.9. The van der Waals surface area contributed by atoms with Crippen molar-refractivity contribution in [3.8, 4) is 0 Å². The Morgan fingerprint density at radius 2 is 1.74 bits per heavy atom. The molecule has 0 heterocycles. The minimum absolute atomic E-state index is 0.0335. The second-order valence-corrected chi connectivity index (χ2v) is 11.2. The van der Waals surface area contributed by atoms with Gasteiger partial charge in [-0.1, -0.05) is 33.6 Å². The predicted molar refractivity (Wildman–Crippen MR) is 110 cm³/mol. The number of rotatable bonds is 4. The molecule has 4 aliphatic rings. The highest BCUT2D eigenvalue weighted by Gasteiger charge is 2.60. The van der Waals surface area contributed by atoms with Crippen molar-refractivity contribution in [2.75, 3.05) is 7.11 Å². The van der Waals surface area contributed by atoms with E-state index >= 15 is 0 Å². The molecular weight excluding hydrogens is 332 g/mol. The first kappa shape index (κ1) is 19.8. The third kappa shape index (κ3) is 3.18. The molecule has 4 aliphatic carbocycles. The minimum atomic E-state index is -0.0335. The van der Waals surface area contributed by atoms with Crippen LogP contribution in [0.1, 0.15) is 97.8 Å². The van der Waals surface area contributed by atoms with E-state index in [1.165, 1.54) is 71.3 Å². The van der Waals surface area contributed by atoms with E-state index in [4.69, 9.17) is 4.74 Å². The zero-order chi connectivity index (χ0) is 19.2. The summed E-state index contributed by atoms with van der Waals surface area (Å²) in [5.41, 5.74) is 1.17. The first-order valence-corrected chi connectivity index (χ1v) is 12.0. The van der Waals surface area contributed by atoms with Crippen molar-refractivity contribution in [2.24, 2.45) is 46.3 Å². The van der Waals surface area contributed by atoms with E-state index in [-0.39, 0.29) is 5.97 Å². The average Bonchev–Trinajstić information content (AvgIpc) is 3.02. The number of hydrogen-bond acceptors (Lipinski definition) is 2. The van der Waals surface area contributed by atoms with Gasteiger partial charge in [-0.2, -0.15) is 0 Å². The molecule has 7 unspecified atom stereocenters. The van der Waals surface area contributed by atoms with Crippen molar-refractivity contribution in [3.05, 3.63) is 0 Å². The monoisotopic (exact) mass is 374 g/mol. The van der Waals surface area contributed by atoms with Crippen LogP contribution in [0.4, 0.5) is 0 Å². The Morgan fingerprint density at radius 3 is 2.52 bits per heavy atom. The van der Waals surface area contributed by atoms with Crippen LogP contribution in [-0.4, -0.2) is 13.1 Å². The second kappa shape index (κ2) is 7.38. The maximum absolute atomic E-state index is 11.6. The summed E-state index contributed by atoms with van der Waals surface area (Å²) in [6.45, 7) is 7.73. The molecule has 0 aliphatic heterocycles. The van der Waals surface area contributed by atoms with Crippen LogP contribution in [0.3, 0.4) is 0 Å². The molecule has 0 N–H and O–H groups in total. The molecule has 4 fully saturated rings. The summed E-state index contributed by atoms with van der Waals surface area (Å²) in [4.78, 5) is 11.6. The zero-order valence-electron chi connectivity index (χ0n) is 18.3. The predicted octanol–water partition coefficient (Wildman–Crippen LogP) is 6.62. The largest absolute Gasteiger partial charge is 0.469 e. The molecule has 0 amide bonds. The molecule has 0 spiro atoms. The Labute approximate surface area is 167 Å². The highest BCUT2D eigenvalue weighted by Crippen LogP contribution is 2.68. The van der Waals surface area contributed by atoms with Crippen molar-refractivity contribution in [1.82, 2.24) is 0 Å². The number of fused-ring (bicyclic) bond motifs is 5. The molecule has 0 bridgehead atoms. The third-order valence-electron chi connectivity index (χ3n) is 10.4. The van der Waals surface area contributed by atoms with Gasteiger partial charge in [-0.15, -0.1) is 0 Å². The molecular formula is C25H42O2. The van der Waals surface area contributed by atoms with Gasteiger partial charge < -0.3 is 4.74 Å². The Balaban J connectivity index is 1.49. The number of carbonyl (C=O) groups is 1. The van der Waals surface area contributed by atoms with Crippen LogP contribution in [-0.2, 0) is 9.53 Å². The lowest BCUT2D eigenvalue weighted by Crippen LogP contribution is -2.53. The molecule has 27 heavy (non-hydrogen) atoms. The normalized spacial score (nSPS) is 47.5. The molecule has 4 rings (SSSR count). The van der Waals surface area contributed by atoms with Gasteiger partial charge in [0.25, 0.3) is 0 Å². The number of methoxy groups -OCH3 is 1. The summed E-state index contributed by atoms with van der Waals surface area (Å²) in [6.07, 6.45) is 16.4. The van der Waals surface area contributed by atoms with Crippen LogP contribution in [0.25, 0.3) is 0 Å². The fraction of sp³-hybridized carbons (Fsp3) is 0.960. The van der Waals surface area contributed by atoms with E-state index in [2.05, 4.69) is 20.8 Å². The van der Waals surface area contributed by atoms with Crippen molar-refractivity contribution in [3.63, 3.8) is 0 Å². The van der Waals surface area contributed by atoms with E-state index in [0.717, 1.165) is 36.0 Å². The summed E-state index contributed by atoms with van der Waals surface area (Å²) in [6, 6.07) is 0. The van der Waals surface area contributed by atoms with Gasteiger partial charge in [-0.25, -0.2) is 0 Å². The summed E-state index contributed by atoms with van der Waals surface area (Å²) >= 11 is 0. The van der Waals surface area contributed by atoms with E-state index in [9.17, 15) is 4.79 Å². The summed E-state index contributed by atoms with van der Waals surface area (Å²) in [5.74, 6) is 5.38. The Kier molecular flexibility index (Phi) is 5.40. The highest BCUT2D eigenvalue weighted by molar-refractivity contribution is 5.69. The SMILES string of the molecule is COC(=O)CC[C@@H](C)C1CCC2C3CCC4CCCCC4(C)C3CCC21C. The molecule has 8 atom stereocenters. The number of hydrogen-bond donors (Lipinski definition) is 0. The lowest BCUT2D eigenvalue weighted by molar-refractivity contribution is -0.141. The van der Waals surface area contributed by atoms with E-state index in [1.807, 2.05) is 0 Å². The van der Waals surface area contributed by atoms with Crippen LogP contribution < -0.4 is 0 Å². The van der Waals surface area contributed by atoms with Gasteiger partial charge in [0.1, 0.15) is 0 Å². The minimum Gasteiger partial charge on any atom is -0.469 e. The van der Waals surface area contributed by atoms with Gasteiger partial charge >= 0.3 is 5.97 Å². The van der Waals surface area contributed by atoms with Crippen molar-refractivity contribution in [1.29, 1.82) is 0 Å². The molecule has 0 aromatic rings. The highest BCUT2D eigenvalue weighted by atomic mass is 16.5. The molecule has 4 saturated carbocycles. The molecule has 0 aromatic heterocycles. The lowest BCUT2D eigenvalue weighted by Gasteiger charge is -2.61. The first-order valence-electron chi connectivity index (χ1n) is 12.0. The second-order valence-electron chi connectivity index (χ2n) is 11.2. The number of ether oxygens (including phenoxy) is 1. The quantitative estimate of drug-likeness (QED) is 0.517. The molecule has 0 aromatic carbocycles. The molecule has 154 valence electrons. The van der Waals surface area contributed by atoms with Gasteiger partial charge in [0.15, 0.2) is 0 Å². The van der Waals surface area contributed by atoms with Crippen molar-refractivity contribution >= 4 is 5.97 Å². The van der Waals surface area contributed by atoms with Gasteiger partial charge in [0, 0.05) is 6.42 Å². The Bertz CT molecular complexity index is 557. The van der Waals surface area contributed by atoms with Crippen molar-refractivity contribution in [2.45, 2.75) is 97.8 Å². The molecule has 2 nitrogen and oxygen atoms in total. The average molecular weight is 375 g/mol. The summed E-state index contributed by atoms with van der Waals surface area (Å²) < 4.78 is 4.89. The number of carbonyl (C=O) groups excluding carboxylic acids is 1. The van der Waals surface area contributed by atoms with Gasteiger partial charge in [0.2, 0.25) is 0 Å². The smallest absolute Gasteiger partial charge is 0.305 e. The fourth-order valence-electron chi connectivity index (χ4n) is 8.92. The van der Waals surface area contributed by atoms with Crippen LogP contribution >= 0.6 is 0 Å². The molecule has 2 heteroatoms. The van der Waals surface area contributed by atoms with Crippen LogP contribution in [0.15, 0.2) is 0 Å². The maximum atomic E-state index is 11.6. The fourth-order valence-corrected chi connectivity index (χ4v) is 8.92. The van der Waals surface area contributed by atoms with Gasteiger partial charge in [0.05, 0.1) is 7.11 Å². The lowest BCUT2D eigenvalue weighted by atomic mass is 9.44. The summed E-state index contributed by atoms with van der Waals surface area (Å²) in [7, 11) is 1.52.